The largest absolute Gasteiger partial charge is 0.355 e. The van der Waals surface area contributed by atoms with Gasteiger partial charge in [-0.1, -0.05) is 11.2 Å². The predicted octanol–water partition coefficient (Wildman–Crippen LogP) is 1.71. The number of hydrogen-bond donors (Lipinski definition) is 1. The molecule has 0 spiro atoms. The van der Waals surface area contributed by atoms with Crippen LogP contribution in [0.1, 0.15) is 23.8 Å². The van der Waals surface area contributed by atoms with Crippen LogP contribution in [-0.4, -0.2) is 36.5 Å². The molecule has 1 amide bonds. The van der Waals surface area contributed by atoms with E-state index in [1.165, 1.54) is 11.3 Å². The average molecular weight is 326 g/mol. The van der Waals surface area contributed by atoms with E-state index < -0.39 is 21.3 Å². The second-order valence-electron chi connectivity index (χ2n) is 5.41. The third-order valence-electron chi connectivity index (χ3n) is 3.43. The molecule has 3 heterocycles. The molecule has 1 aliphatic heterocycles. The molecular formula is C13H14N2O4S2. The van der Waals surface area contributed by atoms with Crippen LogP contribution >= 0.6 is 11.3 Å². The molecule has 0 aliphatic carbocycles. The molecular weight excluding hydrogens is 312 g/mol. The maximum Gasteiger partial charge on any atom is 0.273 e. The minimum atomic E-state index is -3.07. The number of nitrogens with one attached hydrogen (secondary N) is 1. The first kappa shape index (κ1) is 14.3. The second-order valence-corrected chi connectivity index (χ2v) is 8.54. The van der Waals surface area contributed by atoms with Gasteiger partial charge in [0.25, 0.3) is 5.91 Å². The summed E-state index contributed by atoms with van der Waals surface area (Å²) in [5, 5.41) is 8.41. The van der Waals surface area contributed by atoms with Gasteiger partial charge in [0.05, 0.1) is 21.9 Å². The molecule has 0 saturated carbocycles. The van der Waals surface area contributed by atoms with Crippen LogP contribution in [0.25, 0.3) is 10.6 Å². The number of sulfone groups is 1. The Morgan fingerprint density at radius 2 is 2.33 bits per heavy atom. The number of nitrogens with zero attached hydrogens (tertiary/aromatic N) is 1. The number of hydrogen-bond acceptors (Lipinski definition) is 6. The van der Waals surface area contributed by atoms with Gasteiger partial charge in [-0.15, -0.1) is 11.3 Å². The maximum absolute atomic E-state index is 12.2. The van der Waals surface area contributed by atoms with Crippen molar-refractivity contribution < 1.29 is 17.7 Å². The van der Waals surface area contributed by atoms with Gasteiger partial charge >= 0.3 is 0 Å². The summed E-state index contributed by atoms with van der Waals surface area (Å²) in [5.74, 6) is 0.172. The summed E-state index contributed by atoms with van der Waals surface area (Å²) in [4.78, 5) is 13.1. The number of aromatic nitrogens is 1. The van der Waals surface area contributed by atoms with E-state index >= 15 is 0 Å². The minimum Gasteiger partial charge on any atom is -0.355 e. The zero-order chi connectivity index (χ0) is 15.1. The molecule has 3 rings (SSSR count). The van der Waals surface area contributed by atoms with Gasteiger partial charge in [0.2, 0.25) is 0 Å². The van der Waals surface area contributed by atoms with Gasteiger partial charge < -0.3 is 9.84 Å². The zero-order valence-electron chi connectivity index (χ0n) is 11.3. The molecule has 0 bridgehead atoms. The number of rotatable bonds is 3. The standard InChI is InChI=1S/C13H14N2O4S2/c1-13(4-6-21(17,18)8-13)14-12(16)9-7-10(19-15-9)11-3-2-5-20-11/h2-3,5,7H,4,6,8H2,1H3,(H,14,16). The fourth-order valence-electron chi connectivity index (χ4n) is 2.36. The highest BCUT2D eigenvalue weighted by Crippen LogP contribution is 2.26. The van der Waals surface area contributed by atoms with E-state index in [-0.39, 0.29) is 17.2 Å². The topological polar surface area (TPSA) is 89.3 Å². The van der Waals surface area contributed by atoms with Crippen molar-refractivity contribution in [2.24, 2.45) is 0 Å². The summed E-state index contributed by atoms with van der Waals surface area (Å²) in [6, 6.07) is 5.32. The Morgan fingerprint density at radius 3 is 2.95 bits per heavy atom. The smallest absolute Gasteiger partial charge is 0.273 e. The quantitative estimate of drug-likeness (QED) is 0.927. The van der Waals surface area contributed by atoms with Gasteiger partial charge in [-0.25, -0.2) is 8.42 Å². The van der Waals surface area contributed by atoms with Crippen molar-refractivity contribution in [1.29, 1.82) is 0 Å². The van der Waals surface area contributed by atoms with E-state index in [9.17, 15) is 13.2 Å². The summed E-state index contributed by atoms with van der Waals surface area (Å²) < 4.78 is 28.2. The van der Waals surface area contributed by atoms with Crippen molar-refractivity contribution in [2.45, 2.75) is 18.9 Å². The summed E-state index contributed by atoms with van der Waals surface area (Å²) in [5.41, 5.74) is -0.582. The second kappa shape index (κ2) is 4.96. The highest BCUT2D eigenvalue weighted by molar-refractivity contribution is 7.91. The fraction of sp³-hybridized carbons (Fsp3) is 0.385. The van der Waals surface area contributed by atoms with E-state index in [2.05, 4.69) is 10.5 Å². The monoisotopic (exact) mass is 326 g/mol. The fourth-order valence-corrected chi connectivity index (χ4v) is 5.13. The van der Waals surface area contributed by atoms with E-state index in [1.807, 2.05) is 17.5 Å². The van der Waals surface area contributed by atoms with Gasteiger partial charge in [-0.05, 0) is 24.8 Å². The Hall–Kier alpha value is -1.67. The van der Waals surface area contributed by atoms with Gasteiger partial charge in [-0.3, -0.25) is 4.79 Å². The third-order valence-corrected chi connectivity index (χ3v) is 6.21. The van der Waals surface area contributed by atoms with Crippen LogP contribution in [0.2, 0.25) is 0 Å². The molecule has 1 aliphatic rings. The Bertz CT molecular complexity index is 764. The summed E-state index contributed by atoms with van der Waals surface area (Å²) in [7, 11) is -3.07. The van der Waals surface area contributed by atoms with E-state index in [1.54, 1.807) is 13.0 Å². The molecule has 2 aromatic rings. The van der Waals surface area contributed by atoms with Gasteiger partial charge in [0, 0.05) is 6.07 Å². The first-order valence-electron chi connectivity index (χ1n) is 6.40. The molecule has 1 unspecified atom stereocenters. The number of amides is 1. The van der Waals surface area contributed by atoms with Crippen LogP contribution in [0.15, 0.2) is 28.1 Å². The van der Waals surface area contributed by atoms with Gasteiger partial charge in [-0.2, -0.15) is 0 Å². The molecule has 1 fully saturated rings. The molecule has 0 aromatic carbocycles. The first-order chi connectivity index (χ1) is 9.87. The first-order valence-corrected chi connectivity index (χ1v) is 9.11. The molecule has 1 saturated heterocycles. The van der Waals surface area contributed by atoms with Crippen LogP contribution in [-0.2, 0) is 9.84 Å². The van der Waals surface area contributed by atoms with E-state index in [4.69, 9.17) is 4.52 Å². The molecule has 8 heteroatoms. The van der Waals surface area contributed by atoms with Crippen LogP contribution in [0.5, 0.6) is 0 Å². The maximum atomic E-state index is 12.2. The van der Waals surface area contributed by atoms with Crippen molar-refractivity contribution in [3.8, 4) is 10.6 Å². The normalized spacial score (nSPS) is 24.0. The molecule has 2 aromatic heterocycles. The number of carbonyl (C=O) groups excluding carboxylic acids is 1. The lowest BCUT2D eigenvalue weighted by Gasteiger charge is -2.22. The SMILES string of the molecule is CC1(NC(=O)c2cc(-c3cccs3)on2)CCS(=O)(=O)C1. The van der Waals surface area contributed by atoms with Crippen molar-refractivity contribution in [3.05, 3.63) is 29.3 Å². The number of thiophene rings is 1. The third kappa shape index (κ3) is 3.01. The predicted molar refractivity (Wildman–Crippen MR) is 79.0 cm³/mol. The molecule has 1 atom stereocenters. The Balaban J connectivity index is 1.75. The minimum absolute atomic E-state index is 0.0403. The van der Waals surface area contributed by atoms with Crippen molar-refractivity contribution >= 4 is 27.1 Å². The number of carbonyl (C=O) groups is 1. The van der Waals surface area contributed by atoms with Crippen molar-refractivity contribution in [1.82, 2.24) is 10.5 Å². The van der Waals surface area contributed by atoms with E-state index in [0.29, 0.717) is 12.2 Å². The summed E-state index contributed by atoms with van der Waals surface area (Å²) >= 11 is 1.49. The zero-order valence-corrected chi connectivity index (χ0v) is 13.0. The lowest BCUT2D eigenvalue weighted by molar-refractivity contribution is 0.0906. The lowest BCUT2D eigenvalue weighted by atomic mass is 10.0. The lowest BCUT2D eigenvalue weighted by Crippen LogP contribution is -2.47. The van der Waals surface area contributed by atoms with Crippen LogP contribution < -0.4 is 5.32 Å². The van der Waals surface area contributed by atoms with Crippen molar-refractivity contribution in [3.63, 3.8) is 0 Å². The Labute approximate surface area is 126 Å². The molecule has 0 radical (unpaired) electrons. The Kier molecular flexibility index (Phi) is 3.37. The van der Waals surface area contributed by atoms with Crippen molar-refractivity contribution in [2.75, 3.05) is 11.5 Å². The van der Waals surface area contributed by atoms with E-state index in [0.717, 1.165) is 4.88 Å². The highest BCUT2D eigenvalue weighted by atomic mass is 32.2. The molecule has 112 valence electrons. The van der Waals surface area contributed by atoms with Crippen LogP contribution in [0.3, 0.4) is 0 Å². The van der Waals surface area contributed by atoms with Gasteiger partial charge in [0.15, 0.2) is 21.3 Å². The van der Waals surface area contributed by atoms with Crippen LogP contribution in [0, 0.1) is 0 Å². The van der Waals surface area contributed by atoms with Crippen LogP contribution in [0.4, 0.5) is 0 Å². The Morgan fingerprint density at radius 1 is 1.52 bits per heavy atom. The summed E-state index contributed by atoms with van der Waals surface area (Å²) in [6.45, 7) is 1.73. The average Bonchev–Trinajstić information content (AvgIpc) is 3.09. The molecule has 6 nitrogen and oxygen atoms in total. The molecule has 1 N–H and O–H groups in total. The van der Waals surface area contributed by atoms with Gasteiger partial charge in [0.1, 0.15) is 0 Å². The highest BCUT2D eigenvalue weighted by Gasteiger charge is 2.40. The molecule has 21 heavy (non-hydrogen) atoms. The summed E-state index contributed by atoms with van der Waals surface area (Å²) in [6.07, 6.45) is 0.413.